The van der Waals surface area contributed by atoms with E-state index in [2.05, 4.69) is 39.8 Å². The second-order valence-electron chi connectivity index (χ2n) is 5.75. The topological polar surface area (TPSA) is 78.0 Å². The number of amides is 1. The van der Waals surface area contributed by atoms with Crippen molar-refractivity contribution in [2.24, 2.45) is 4.99 Å². The van der Waals surface area contributed by atoms with Crippen LogP contribution in [0.15, 0.2) is 4.99 Å². The molecule has 0 aliphatic heterocycles. The standard InChI is InChI=1S/C14H31N5O2/c1-7-19(6)11-10-17-12(15-5)16-8-9-18-13(20)21-14(2,3)4/h7-11H2,1-6H3,(H,18,20)(H2,15,16,17). The summed E-state index contributed by atoms with van der Waals surface area (Å²) in [6.07, 6.45) is -0.406. The maximum absolute atomic E-state index is 11.4. The summed E-state index contributed by atoms with van der Waals surface area (Å²) >= 11 is 0. The van der Waals surface area contributed by atoms with Gasteiger partial charge in [0.1, 0.15) is 5.60 Å². The number of nitrogens with zero attached hydrogens (tertiary/aromatic N) is 2. The zero-order chi connectivity index (χ0) is 16.3. The fourth-order valence-corrected chi connectivity index (χ4v) is 1.40. The molecule has 3 N–H and O–H groups in total. The largest absolute Gasteiger partial charge is 0.444 e. The molecule has 0 radical (unpaired) electrons. The highest BCUT2D eigenvalue weighted by Crippen LogP contribution is 2.05. The van der Waals surface area contributed by atoms with Crippen LogP contribution in [-0.2, 0) is 4.74 Å². The fourth-order valence-electron chi connectivity index (χ4n) is 1.40. The Morgan fingerprint density at radius 3 is 2.24 bits per heavy atom. The third kappa shape index (κ3) is 12.0. The van der Waals surface area contributed by atoms with Crippen molar-refractivity contribution >= 4 is 12.1 Å². The Hall–Kier alpha value is -1.50. The lowest BCUT2D eigenvalue weighted by Gasteiger charge is -2.20. The molecule has 7 nitrogen and oxygen atoms in total. The lowest BCUT2D eigenvalue weighted by molar-refractivity contribution is 0.0529. The Kier molecular flexibility index (Phi) is 9.53. The lowest BCUT2D eigenvalue weighted by atomic mass is 10.2. The van der Waals surface area contributed by atoms with Gasteiger partial charge in [-0.3, -0.25) is 4.99 Å². The van der Waals surface area contributed by atoms with Crippen LogP contribution in [0.2, 0.25) is 0 Å². The minimum atomic E-state index is -0.472. The Labute approximate surface area is 128 Å². The van der Waals surface area contributed by atoms with Crippen molar-refractivity contribution in [1.29, 1.82) is 0 Å². The molecule has 0 aliphatic carbocycles. The second kappa shape index (κ2) is 10.3. The summed E-state index contributed by atoms with van der Waals surface area (Å²) in [5.74, 6) is 0.727. The first-order valence-electron chi connectivity index (χ1n) is 7.38. The molecule has 0 unspecified atom stereocenters. The SMILES string of the molecule is CCN(C)CCNC(=NC)NCCNC(=O)OC(C)(C)C. The molecule has 1 amide bonds. The maximum Gasteiger partial charge on any atom is 0.407 e. The summed E-state index contributed by atoms with van der Waals surface area (Å²) in [6, 6.07) is 0. The number of guanidine groups is 1. The van der Waals surface area contributed by atoms with Gasteiger partial charge >= 0.3 is 6.09 Å². The van der Waals surface area contributed by atoms with Crippen molar-refractivity contribution in [1.82, 2.24) is 20.9 Å². The molecule has 0 aliphatic rings. The predicted molar refractivity (Wildman–Crippen MR) is 86.8 cm³/mol. The van der Waals surface area contributed by atoms with E-state index in [0.717, 1.165) is 25.6 Å². The van der Waals surface area contributed by atoms with Gasteiger partial charge in [-0.1, -0.05) is 6.92 Å². The van der Waals surface area contributed by atoms with E-state index in [1.165, 1.54) is 0 Å². The molecule has 0 rings (SSSR count). The Morgan fingerprint density at radius 1 is 1.14 bits per heavy atom. The van der Waals surface area contributed by atoms with E-state index in [-0.39, 0.29) is 0 Å². The highest BCUT2D eigenvalue weighted by Gasteiger charge is 2.15. The van der Waals surface area contributed by atoms with Crippen molar-refractivity contribution in [3.8, 4) is 0 Å². The van der Waals surface area contributed by atoms with Crippen molar-refractivity contribution in [2.45, 2.75) is 33.3 Å². The van der Waals surface area contributed by atoms with Gasteiger partial charge in [-0.25, -0.2) is 4.79 Å². The third-order valence-corrected chi connectivity index (χ3v) is 2.64. The maximum atomic E-state index is 11.4. The molecule has 0 fully saturated rings. The van der Waals surface area contributed by atoms with E-state index in [9.17, 15) is 4.79 Å². The van der Waals surface area contributed by atoms with Gasteiger partial charge in [0.25, 0.3) is 0 Å². The molecule has 7 heteroatoms. The summed E-state index contributed by atoms with van der Waals surface area (Å²) in [5.41, 5.74) is -0.472. The number of carbonyl (C=O) groups excluding carboxylic acids is 1. The molecule has 0 bridgehead atoms. The van der Waals surface area contributed by atoms with Gasteiger partial charge in [-0.05, 0) is 34.4 Å². The summed E-state index contributed by atoms with van der Waals surface area (Å²) in [5, 5.41) is 9.03. The minimum Gasteiger partial charge on any atom is -0.444 e. The number of hydrogen-bond acceptors (Lipinski definition) is 4. The molecule has 0 heterocycles. The van der Waals surface area contributed by atoms with Crippen LogP contribution in [0.5, 0.6) is 0 Å². The van der Waals surface area contributed by atoms with Crippen molar-refractivity contribution in [2.75, 3.05) is 46.8 Å². The molecule has 0 spiro atoms. The normalized spacial score (nSPS) is 12.2. The van der Waals surface area contributed by atoms with Gasteiger partial charge in [0.15, 0.2) is 5.96 Å². The molecular weight excluding hydrogens is 270 g/mol. The molecule has 0 aromatic carbocycles. The monoisotopic (exact) mass is 301 g/mol. The Morgan fingerprint density at radius 2 is 1.71 bits per heavy atom. The molecule has 0 atom stereocenters. The molecule has 0 saturated carbocycles. The summed E-state index contributed by atoms with van der Waals surface area (Å²) in [6.45, 7) is 11.5. The number of ether oxygens (including phenoxy) is 1. The highest BCUT2D eigenvalue weighted by atomic mass is 16.6. The van der Waals surface area contributed by atoms with Crippen LogP contribution in [0.1, 0.15) is 27.7 Å². The van der Waals surface area contributed by atoms with Crippen LogP contribution in [0.4, 0.5) is 4.79 Å². The van der Waals surface area contributed by atoms with Crippen molar-refractivity contribution in [3.05, 3.63) is 0 Å². The van der Waals surface area contributed by atoms with Crippen LogP contribution in [0, 0.1) is 0 Å². The summed E-state index contributed by atoms with van der Waals surface area (Å²) in [4.78, 5) is 17.8. The molecular formula is C14H31N5O2. The first-order valence-corrected chi connectivity index (χ1v) is 7.38. The summed E-state index contributed by atoms with van der Waals surface area (Å²) < 4.78 is 5.15. The van der Waals surface area contributed by atoms with Crippen LogP contribution in [-0.4, -0.2) is 69.4 Å². The zero-order valence-electron chi connectivity index (χ0n) is 14.2. The van der Waals surface area contributed by atoms with E-state index < -0.39 is 11.7 Å². The number of carbonyl (C=O) groups is 1. The van der Waals surface area contributed by atoms with Crippen molar-refractivity contribution in [3.63, 3.8) is 0 Å². The van der Waals surface area contributed by atoms with E-state index >= 15 is 0 Å². The van der Waals surface area contributed by atoms with Gasteiger partial charge in [0, 0.05) is 33.2 Å². The van der Waals surface area contributed by atoms with Crippen LogP contribution in [0.3, 0.4) is 0 Å². The van der Waals surface area contributed by atoms with Crippen LogP contribution in [0.25, 0.3) is 0 Å². The molecule has 0 aromatic heterocycles. The minimum absolute atomic E-state index is 0.406. The van der Waals surface area contributed by atoms with Gasteiger partial charge in [-0.2, -0.15) is 0 Å². The Bertz CT molecular complexity index is 326. The molecule has 0 saturated heterocycles. The fraction of sp³-hybridized carbons (Fsp3) is 0.857. The van der Waals surface area contributed by atoms with Crippen LogP contribution < -0.4 is 16.0 Å². The Balaban J connectivity index is 3.76. The van der Waals surface area contributed by atoms with Crippen LogP contribution >= 0.6 is 0 Å². The average Bonchev–Trinajstić information content (AvgIpc) is 2.39. The first-order chi connectivity index (χ1) is 9.78. The second-order valence-corrected chi connectivity index (χ2v) is 5.75. The number of aliphatic imine (C=N–C) groups is 1. The quantitative estimate of drug-likeness (QED) is 0.365. The molecule has 21 heavy (non-hydrogen) atoms. The number of hydrogen-bond donors (Lipinski definition) is 3. The molecule has 0 aromatic rings. The van der Waals surface area contributed by atoms with E-state index in [1.807, 2.05) is 20.8 Å². The van der Waals surface area contributed by atoms with Crippen molar-refractivity contribution < 1.29 is 9.53 Å². The number of rotatable bonds is 7. The average molecular weight is 301 g/mol. The van der Waals surface area contributed by atoms with Gasteiger partial charge < -0.3 is 25.6 Å². The smallest absolute Gasteiger partial charge is 0.407 e. The highest BCUT2D eigenvalue weighted by molar-refractivity contribution is 5.79. The lowest BCUT2D eigenvalue weighted by Crippen LogP contribution is -2.44. The summed E-state index contributed by atoms with van der Waals surface area (Å²) in [7, 11) is 3.79. The number of nitrogens with one attached hydrogen (secondary N) is 3. The van der Waals surface area contributed by atoms with Gasteiger partial charge in [0.2, 0.25) is 0 Å². The zero-order valence-corrected chi connectivity index (χ0v) is 14.2. The molecule has 124 valence electrons. The number of likely N-dealkylation sites (N-methyl/N-ethyl adjacent to an activating group) is 1. The van der Waals surface area contributed by atoms with E-state index in [4.69, 9.17) is 4.74 Å². The van der Waals surface area contributed by atoms with E-state index in [0.29, 0.717) is 13.1 Å². The third-order valence-electron chi connectivity index (χ3n) is 2.64. The number of alkyl carbamates (subject to hydrolysis) is 1. The van der Waals surface area contributed by atoms with Gasteiger partial charge in [-0.15, -0.1) is 0 Å². The van der Waals surface area contributed by atoms with Gasteiger partial charge in [0.05, 0.1) is 0 Å². The first kappa shape index (κ1) is 19.5. The predicted octanol–water partition coefficient (Wildman–Crippen LogP) is 0.628. The van der Waals surface area contributed by atoms with E-state index in [1.54, 1.807) is 7.05 Å².